The highest BCUT2D eigenvalue weighted by molar-refractivity contribution is 7.17. The zero-order valence-corrected chi connectivity index (χ0v) is 16.3. The molecule has 0 aliphatic rings. The summed E-state index contributed by atoms with van der Waals surface area (Å²) in [7, 11) is 1.60. The van der Waals surface area contributed by atoms with Crippen LogP contribution in [-0.4, -0.2) is 35.7 Å². The quantitative estimate of drug-likeness (QED) is 0.441. The van der Waals surface area contributed by atoms with Gasteiger partial charge in [-0.1, -0.05) is 28.7 Å². The van der Waals surface area contributed by atoms with E-state index in [0.29, 0.717) is 30.3 Å². The van der Waals surface area contributed by atoms with E-state index < -0.39 is 10.8 Å². The van der Waals surface area contributed by atoms with Crippen molar-refractivity contribution in [2.75, 3.05) is 20.3 Å². The molecule has 0 fully saturated rings. The Morgan fingerprint density at radius 3 is 2.78 bits per heavy atom. The zero-order chi connectivity index (χ0) is 19.4. The van der Waals surface area contributed by atoms with E-state index in [-0.39, 0.29) is 9.88 Å². The highest BCUT2D eigenvalue weighted by atomic mass is 32.1. The number of para-hydroxylation sites is 1. The summed E-state index contributed by atoms with van der Waals surface area (Å²) in [6, 6.07) is 8.43. The molecular formula is C17H17N3O5S2. The first-order chi connectivity index (χ1) is 13.0. The molecule has 27 heavy (non-hydrogen) atoms. The molecule has 0 radical (unpaired) electrons. The van der Waals surface area contributed by atoms with Gasteiger partial charge in [-0.15, -0.1) is 0 Å². The number of nitro groups is 1. The molecule has 2 heterocycles. The maximum absolute atomic E-state index is 12.5. The Morgan fingerprint density at radius 1 is 1.30 bits per heavy atom. The largest absolute Gasteiger partial charge is 0.492 e. The summed E-state index contributed by atoms with van der Waals surface area (Å²) < 4.78 is 13.7. The second kappa shape index (κ2) is 8.42. The standard InChI is InChI=1S/C17H17N3O5S2/c1-3-25-11-5-4-6-12-15(11)19(9-10-24-2)17(27-12)18-16(21)13-7-8-14(26-13)20(22)23/h4-8H,3,9-10H2,1-2H3. The minimum absolute atomic E-state index is 0.0872. The molecule has 0 spiro atoms. The van der Waals surface area contributed by atoms with Crippen LogP contribution in [0.5, 0.6) is 5.75 Å². The summed E-state index contributed by atoms with van der Waals surface area (Å²) in [4.78, 5) is 27.8. The van der Waals surface area contributed by atoms with Gasteiger partial charge >= 0.3 is 5.00 Å². The highest BCUT2D eigenvalue weighted by Gasteiger charge is 2.17. The fraction of sp³-hybridized carbons (Fsp3) is 0.294. The molecule has 0 atom stereocenters. The highest BCUT2D eigenvalue weighted by Crippen LogP contribution is 2.28. The Hall–Kier alpha value is -2.56. The number of carbonyl (C=O) groups excluding carboxylic acids is 1. The number of aromatic nitrogens is 1. The van der Waals surface area contributed by atoms with Crippen molar-refractivity contribution < 1.29 is 19.2 Å². The van der Waals surface area contributed by atoms with E-state index in [1.165, 1.54) is 23.5 Å². The number of hydrogen-bond donors (Lipinski definition) is 0. The van der Waals surface area contributed by atoms with Crippen LogP contribution in [0.1, 0.15) is 16.6 Å². The zero-order valence-electron chi connectivity index (χ0n) is 14.7. The van der Waals surface area contributed by atoms with E-state index in [4.69, 9.17) is 9.47 Å². The molecule has 3 rings (SSSR count). The number of hydrogen-bond acceptors (Lipinski definition) is 7. The third-order valence-electron chi connectivity index (χ3n) is 3.66. The van der Waals surface area contributed by atoms with Crippen LogP contribution >= 0.6 is 22.7 Å². The number of amides is 1. The molecule has 0 bridgehead atoms. The minimum Gasteiger partial charge on any atom is -0.492 e. The van der Waals surface area contributed by atoms with Gasteiger partial charge in [-0.05, 0) is 25.1 Å². The van der Waals surface area contributed by atoms with Crippen LogP contribution in [0.4, 0.5) is 5.00 Å². The lowest BCUT2D eigenvalue weighted by atomic mass is 10.3. The van der Waals surface area contributed by atoms with Gasteiger partial charge in [0.1, 0.15) is 16.1 Å². The van der Waals surface area contributed by atoms with Crippen LogP contribution in [-0.2, 0) is 11.3 Å². The molecule has 142 valence electrons. The smallest absolute Gasteiger partial charge is 0.324 e. The van der Waals surface area contributed by atoms with Gasteiger partial charge in [0.15, 0.2) is 4.80 Å². The number of ether oxygens (including phenoxy) is 2. The molecule has 10 heteroatoms. The van der Waals surface area contributed by atoms with Gasteiger partial charge in [0.05, 0.1) is 22.8 Å². The first kappa shape index (κ1) is 19.2. The molecule has 0 aliphatic heterocycles. The summed E-state index contributed by atoms with van der Waals surface area (Å²) in [5.74, 6) is 0.201. The normalized spacial score (nSPS) is 11.9. The molecule has 0 N–H and O–H groups in total. The minimum atomic E-state index is -0.520. The number of rotatable bonds is 7. The molecule has 0 saturated carbocycles. The first-order valence-corrected chi connectivity index (χ1v) is 9.75. The fourth-order valence-electron chi connectivity index (χ4n) is 2.53. The van der Waals surface area contributed by atoms with Gasteiger partial charge in [0, 0.05) is 19.7 Å². The lowest BCUT2D eigenvalue weighted by Crippen LogP contribution is -2.19. The van der Waals surface area contributed by atoms with E-state index in [1.807, 2.05) is 29.7 Å². The van der Waals surface area contributed by atoms with Crippen molar-refractivity contribution in [2.24, 2.45) is 4.99 Å². The summed E-state index contributed by atoms with van der Waals surface area (Å²) in [5.41, 5.74) is 0.852. The van der Waals surface area contributed by atoms with Gasteiger partial charge in [-0.2, -0.15) is 4.99 Å². The number of benzene rings is 1. The van der Waals surface area contributed by atoms with Gasteiger partial charge in [-0.3, -0.25) is 14.9 Å². The second-order valence-electron chi connectivity index (χ2n) is 5.38. The van der Waals surface area contributed by atoms with Gasteiger partial charge in [-0.25, -0.2) is 0 Å². The molecular weight excluding hydrogens is 390 g/mol. The lowest BCUT2D eigenvalue weighted by molar-refractivity contribution is -0.380. The number of thiophene rings is 1. The second-order valence-corrected chi connectivity index (χ2v) is 7.45. The Morgan fingerprint density at radius 2 is 2.11 bits per heavy atom. The Balaban J connectivity index is 2.11. The van der Waals surface area contributed by atoms with E-state index in [9.17, 15) is 14.9 Å². The molecule has 1 amide bonds. The van der Waals surface area contributed by atoms with E-state index in [0.717, 1.165) is 21.6 Å². The summed E-state index contributed by atoms with van der Waals surface area (Å²) in [6.45, 7) is 3.36. The molecule has 0 unspecified atom stereocenters. The molecule has 1 aromatic carbocycles. The van der Waals surface area contributed by atoms with Crippen molar-refractivity contribution in [2.45, 2.75) is 13.5 Å². The SMILES string of the molecule is CCOc1cccc2sc(=NC(=O)c3ccc([N+](=O)[O-])s3)n(CCOC)c12. The topological polar surface area (TPSA) is 96.0 Å². The third kappa shape index (κ3) is 4.07. The van der Waals surface area contributed by atoms with Crippen LogP contribution in [0.3, 0.4) is 0 Å². The summed E-state index contributed by atoms with van der Waals surface area (Å²) in [5, 5.41) is 10.7. The lowest BCUT2D eigenvalue weighted by Gasteiger charge is -2.09. The number of methoxy groups -OCH3 is 1. The van der Waals surface area contributed by atoms with E-state index >= 15 is 0 Å². The number of thiazole rings is 1. The van der Waals surface area contributed by atoms with Crippen LogP contribution in [0, 0.1) is 10.1 Å². The molecule has 3 aromatic rings. The van der Waals surface area contributed by atoms with Crippen LogP contribution in [0.25, 0.3) is 10.2 Å². The summed E-state index contributed by atoms with van der Waals surface area (Å²) in [6.07, 6.45) is 0. The fourth-order valence-corrected chi connectivity index (χ4v) is 4.30. The van der Waals surface area contributed by atoms with Crippen molar-refractivity contribution in [3.05, 3.63) is 50.1 Å². The van der Waals surface area contributed by atoms with Gasteiger partial charge < -0.3 is 14.0 Å². The molecule has 0 aliphatic carbocycles. The van der Waals surface area contributed by atoms with E-state index in [2.05, 4.69) is 4.99 Å². The van der Waals surface area contributed by atoms with Crippen molar-refractivity contribution in [1.82, 2.24) is 4.57 Å². The third-order valence-corrected chi connectivity index (χ3v) is 5.73. The summed E-state index contributed by atoms with van der Waals surface area (Å²) >= 11 is 2.17. The van der Waals surface area contributed by atoms with Crippen molar-refractivity contribution >= 4 is 43.8 Å². The maximum Gasteiger partial charge on any atom is 0.324 e. The Kier molecular flexibility index (Phi) is 5.99. The van der Waals surface area contributed by atoms with Crippen LogP contribution in [0.15, 0.2) is 35.3 Å². The van der Waals surface area contributed by atoms with Crippen molar-refractivity contribution in [3.63, 3.8) is 0 Å². The van der Waals surface area contributed by atoms with Gasteiger partial charge in [0.2, 0.25) is 0 Å². The average molecular weight is 407 g/mol. The Labute approximate surface area is 162 Å². The predicted octanol–water partition coefficient (Wildman–Crippen LogP) is 3.46. The molecule has 2 aromatic heterocycles. The monoisotopic (exact) mass is 407 g/mol. The molecule has 8 nitrogen and oxygen atoms in total. The predicted molar refractivity (Wildman–Crippen MR) is 104 cm³/mol. The van der Waals surface area contributed by atoms with Crippen LogP contribution < -0.4 is 9.54 Å². The number of carbonyl (C=O) groups is 1. The van der Waals surface area contributed by atoms with Crippen molar-refractivity contribution in [1.29, 1.82) is 0 Å². The van der Waals surface area contributed by atoms with Crippen LogP contribution in [0.2, 0.25) is 0 Å². The van der Waals surface area contributed by atoms with Crippen molar-refractivity contribution in [3.8, 4) is 5.75 Å². The molecule has 0 saturated heterocycles. The Bertz CT molecular complexity index is 1050. The first-order valence-electron chi connectivity index (χ1n) is 8.12. The average Bonchev–Trinajstić information content (AvgIpc) is 3.26. The number of nitrogens with zero attached hydrogens (tertiary/aromatic N) is 3. The van der Waals surface area contributed by atoms with E-state index in [1.54, 1.807) is 7.11 Å². The van der Waals surface area contributed by atoms with Gasteiger partial charge in [0.25, 0.3) is 5.91 Å². The number of fused-ring (bicyclic) bond motifs is 1. The maximum atomic E-state index is 12.5.